The minimum atomic E-state index is 0.204. The Morgan fingerprint density at radius 1 is 1.21 bits per heavy atom. The predicted octanol–water partition coefficient (Wildman–Crippen LogP) is 3.21. The first-order valence-electron chi connectivity index (χ1n) is 7.56. The zero-order valence-electron chi connectivity index (χ0n) is 12.1. The first kappa shape index (κ1) is 13.1. The quantitative estimate of drug-likeness (QED) is 0.881. The standard InChI is InChI=1S/C17H25NO/c1-3-13(2)14-4-6-15(7-5-14)17(11-19-12-17)16(10-18)8-9-16/h4-7,13H,3,8-12,18H2,1-2H3. The molecule has 0 spiro atoms. The summed E-state index contributed by atoms with van der Waals surface area (Å²) in [6.07, 6.45) is 3.72. The molecule has 2 nitrogen and oxygen atoms in total. The van der Waals surface area contributed by atoms with Gasteiger partial charge in [0.05, 0.1) is 13.2 Å². The number of rotatable bonds is 5. The number of ether oxygens (including phenoxy) is 1. The highest BCUT2D eigenvalue weighted by molar-refractivity contribution is 5.37. The predicted molar refractivity (Wildman–Crippen MR) is 78.4 cm³/mol. The van der Waals surface area contributed by atoms with Crippen LogP contribution in [-0.2, 0) is 10.2 Å². The van der Waals surface area contributed by atoms with E-state index in [0.717, 1.165) is 19.8 Å². The lowest BCUT2D eigenvalue weighted by atomic mass is 9.66. The van der Waals surface area contributed by atoms with Crippen LogP contribution in [0.2, 0.25) is 0 Å². The van der Waals surface area contributed by atoms with Crippen molar-refractivity contribution in [3.63, 3.8) is 0 Å². The minimum absolute atomic E-state index is 0.204. The third kappa shape index (κ3) is 1.85. The largest absolute Gasteiger partial charge is 0.379 e. The summed E-state index contributed by atoms with van der Waals surface area (Å²) in [6.45, 7) is 7.04. The van der Waals surface area contributed by atoms with Gasteiger partial charge in [0.1, 0.15) is 0 Å². The molecule has 0 aromatic heterocycles. The van der Waals surface area contributed by atoms with Crippen LogP contribution < -0.4 is 5.73 Å². The molecule has 1 saturated heterocycles. The van der Waals surface area contributed by atoms with E-state index < -0.39 is 0 Å². The highest BCUT2D eigenvalue weighted by Gasteiger charge is 2.62. The number of hydrogen-bond donors (Lipinski definition) is 1. The van der Waals surface area contributed by atoms with Crippen LogP contribution in [0.4, 0.5) is 0 Å². The Balaban J connectivity index is 1.89. The summed E-state index contributed by atoms with van der Waals surface area (Å²) < 4.78 is 5.56. The monoisotopic (exact) mass is 259 g/mol. The van der Waals surface area contributed by atoms with Gasteiger partial charge in [-0.05, 0) is 48.3 Å². The molecule has 0 bridgehead atoms. The second-order valence-electron chi connectivity index (χ2n) is 6.49. The fourth-order valence-electron chi connectivity index (χ4n) is 3.48. The van der Waals surface area contributed by atoms with Crippen molar-refractivity contribution >= 4 is 0 Å². The summed E-state index contributed by atoms with van der Waals surface area (Å²) in [7, 11) is 0. The maximum atomic E-state index is 6.05. The van der Waals surface area contributed by atoms with Gasteiger partial charge in [0.25, 0.3) is 0 Å². The van der Waals surface area contributed by atoms with Crippen LogP contribution in [0.15, 0.2) is 24.3 Å². The number of benzene rings is 1. The first-order valence-corrected chi connectivity index (χ1v) is 7.56. The summed E-state index contributed by atoms with van der Waals surface area (Å²) in [6, 6.07) is 9.24. The van der Waals surface area contributed by atoms with E-state index in [2.05, 4.69) is 38.1 Å². The van der Waals surface area contributed by atoms with Gasteiger partial charge in [0, 0.05) is 5.41 Å². The third-order valence-corrected chi connectivity index (χ3v) is 5.60. The molecule has 1 heterocycles. The van der Waals surface area contributed by atoms with Crippen LogP contribution in [0.3, 0.4) is 0 Å². The lowest BCUT2D eigenvalue weighted by Crippen LogP contribution is -2.55. The summed E-state index contributed by atoms with van der Waals surface area (Å²) in [5.74, 6) is 0.645. The van der Waals surface area contributed by atoms with Gasteiger partial charge in [-0.2, -0.15) is 0 Å². The highest BCUT2D eigenvalue weighted by Crippen LogP contribution is 2.61. The molecule has 0 amide bonds. The molecule has 0 radical (unpaired) electrons. The lowest BCUT2D eigenvalue weighted by molar-refractivity contribution is -0.0973. The van der Waals surface area contributed by atoms with Gasteiger partial charge in [0.15, 0.2) is 0 Å². The van der Waals surface area contributed by atoms with Crippen molar-refractivity contribution in [2.45, 2.75) is 44.4 Å². The number of hydrogen-bond acceptors (Lipinski definition) is 2. The van der Waals surface area contributed by atoms with E-state index in [1.807, 2.05) is 0 Å². The molecule has 2 fully saturated rings. The van der Waals surface area contributed by atoms with Crippen molar-refractivity contribution in [2.75, 3.05) is 19.8 Å². The van der Waals surface area contributed by atoms with Gasteiger partial charge in [-0.1, -0.05) is 38.1 Å². The van der Waals surface area contributed by atoms with E-state index in [4.69, 9.17) is 10.5 Å². The molecule has 2 aliphatic rings. The second kappa shape index (κ2) is 4.60. The molecule has 19 heavy (non-hydrogen) atoms. The Morgan fingerprint density at radius 2 is 1.84 bits per heavy atom. The first-order chi connectivity index (χ1) is 9.17. The van der Waals surface area contributed by atoms with Crippen LogP contribution in [0.1, 0.15) is 50.2 Å². The van der Waals surface area contributed by atoms with E-state index in [9.17, 15) is 0 Å². The van der Waals surface area contributed by atoms with Crippen molar-refractivity contribution in [1.82, 2.24) is 0 Å². The molecule has 2 heteroatoms. The maximum absolute atomic E-state index is 6.05. The summed E-state index contributed by atoms with van der Waals surface area (Å²) in [4.78, 5) is 0. The summed E-state index contributed by atoms with van der Waals surface area (Å²) in [5.41, 5.74) is 9.45. The Morgan fingerprint density at radius 3 is 2.21 bits per heavy atom. The summed E-state index contributed by atoms with van der Waals surface area (Å²) in [5, 5.41) is 0. The molecule has 1 aromatic carbocycles. The molecule has 1 atom stereocenters. The van der Waals surface area contributed by atoms with Crippen molar-refractivity contribution in [3.05, 3.63) is 35.4 Å². The second-order valence-corrected chi connectivity index (χ2v) is 6.49. The van der Waals surface area contributed by atoms with Crippen LogP contribution in [0, 0.1) is 5.41 Å². The van der Waals surface area contributed by atoms with Crippen LogP contribution in [-0.4, -0.2) is 19.8 Å². The van der Waals surface area contributed by atoms with E-state index in [-0.39, 0.29) is 5.41 Å². The zero-order chi connectivity index (χ0) is 13.5. The van der Waals surface area contributed by atoms with Gasteiger partial charge in [-0.25, -0.2) is 0 Å². The van der Waals surface area contributed by atoms with E-state index >= 15 is 0 Å². The minimum Gasteiger partial charge on any atom is -0.379 e. The van der Waals surface area contributed by atoms with Gasteiger partial charge in [-0.3, -0.25) is 0 Å². The SMILES string of the molecule is CCC(C)c1ccc(C2(C3(CN)CC3)COC2)cc1. The van der Waals surface area contributed by atoms with Crippen molar-refractivity contribution in [3.8, 4) is 0 Å². The number of nitrogens with two attached hydrogens (primary N) is 1. The average Bonchev–Trinajstić information content (AvgIpc) is 3.19. The molecule has 1 aliphatic heterocycles. The van der Waals surface area contributed by atoms with Gasteiger partial charge < -0.3 is 10.5 Å². The third-order valence-electron chi connectivity index (χ3n) is 5.60. The van der Waals surface area contributed by atoms with Crippen LogP contribution in [0.5, 0.6) is 0 Å². The molecule has 104 valence electrons. The Bertz CT molecular complexity index is 443. The van der Waals surface area contributed by atoms with Crippen molar-refractivity contribution < 1.29 is 4.74 Å². The fraction of sp³-hybridized carbons (Fsp3) is 0.647. The molecule has 3 rings (SSSR count). The molecular formula is C17H25NO. The molecule has 2 N–H and O–H groups in total. The van der Waals surface area contributed by atoms with E-state index in [1.54, 1.807) is 0 Å². The van der Waals surface area contributed by atoms with Gasteiger partial charge in [0.2, 0.25) is 0 Å². The Hall–Kier alpha value is -0.860. The smallest absolute Gasteiger partial charge is 0.0591 e. The molecule has 1 saturated carbocycles. The van der Waals surface area contributed by atoms with Crippen molar-refractivity contribution in [1.29, 1.82) is 0 Å². The normalized spacial score (nSPS) is 24.6. The van der Waals surface area contributed by atoms with Crippen molar-refractivity contribution in [2.24, 2.45) is 11.1 Å². The van der Waals surface area contributed by atoms with Crippen LogP contribution >= 0.6 is 0 Å². The van der Waals surface area contributed by atoms with Crippen LogP contribution in [0.25, 0.3) is 0 Å². The fourth-order valence-corrected chi connectivity index (χ4v) is 3.48. The lowest BCUT2D eigenvalue weighted by Gasteiger charge is -2.48. The Kier molecular flexibility index (Phi) is 3.18. The zero-order valence-corrected chi connectivity index (χ0v) is 12.1. The molecule has 1 unspecified atom stereocenters. The molecule has 1 aliphatic carbocycles. The highest BCUT2D eigenvalue weighted by atomic mass is 16.5. The molecular weight excluding hydrogens is 234 g/mol. The summed E-state index contributed by atoms with van der Waals surface area (Å²) >= 11 is 0. The average molecular weight is 259 g/mol. The Labute approximate surface area is 116 Å². The topological polar surface area (TPSA) is 35.2 Å². The van der Waals surface area contributed by atoms with Gasteiger partial charge >= 0.3 is 0 Å². The van der Waals surface area contributed by atoms with E-state index in [1.165, 1.54) is 30.4 Å². The van der Waals surface area contributed by atoms with E-state index in [0.29, 0.717) is 11.3 Å². The van der Waals surface area contributed by atoms with Gasteiger partial charge in [-0.15, -0.1) is 0 Å². The molecule has 1 aromatic rings. The maximum Gasteiger partial charge on any atom is 0.0591 e.